The average Bonchev–Trinajstić information content (AvgIpc) is 3.02. The Labute approximate surface area is 190 Å². The minimum atomic E-state index is -1.72. The summed E-state index contributed by atoms with van der Waals surface area (Å²) in [6.07, 6.45) is 0.464. The molecule has 0 bridgehead atoms. The van der Waals surface area contributed by atoms with Crippen LogP contribution >= 0.6 is 23.2 Å². The minimum Gasteiger partial charge on any atom is -0.365 e. The molecule has 2 amide bonds. The highest BCUT2D eigenvalue weighted by Gasteiger charge is 2.58. The number of nitriles is 1. The van der Waals surface area contributed by atoms with Crippen LogP contribution in [0.5, 0.6) is 0 Å². The zero-order valence-corrected chi connectivity index (χ0v) is 18.2. The average molecular weight is 452 g/mol. The van der Waals surface area contributed by atoms with Crippen molar-refractivity contribution < 1.29 is 9.90 Å². The van der Waals surface area contributed by atoms with E-state index in [0.717, 1.165) is 0 Å². The molecule has 0 saturated carbocycles. The SMILES string of the molecule is CC[C@H]1N(c2ccc(Cl)cc2)C(=O)N(c2ccc(Cl)cc2)C1(O)c1cccc(C#N)c1. The third-order valence-corrected chi connectivity index (χ3v) is 6.01. The number of carbonyl (C=O) groups excluding carboxylic acids is 1. The molecule has 1 saturated heterocycles. The summed E-state index contributed by atoms with van der Waals surface area (Å²) in [5.41, 5.74) is 0.251. The molecular weight excluding hydrogens is 433 g/mol. The lowest BCUT2D eigenvalue weighted by atomic mass is 9.91. The van der Waals surface area contributed by atoms with Gasteiger partial charge >= 0.3 is 6.03 Å². The highest BCUT2D eigenvalue weighted by atomic mass is 35.5. The number of carbonyl (C=O) groups is 1. The number of amides is 2. The molecule has 1 aliphatic rings. The van der Waals surface area contributed by atoms with E-state index in [4.69, 9.17) is 23.2 Å². The van der Waals surface area contributed by atoms with Gasteiger partial charge in [-0.3, -0.25) is 9.80 Å². The second-order valence-corrected chi connectivity index (χ2v) is 8.16. The number of anilines is 2. The Bertz CT molecular complexity index is 1160. The maximum Gasteiger partial charge on any atom is 0.332 e. The highest BCUT2D eigenvalue weighted by Crippen LogP contribution is 2.46. The van der Waals surface area contributed by atoms with Crippen LogP contribution in [0, 0.1) is 11.3 Å². The largest absolute Gasteiger partial charge is 0.365 e. The van der Waals surface area contributed by atoms with Gasteiger partial charge in [-0.2, -0.15) is 5.26 Å². The first-order valence-electron chi connectivity index (χ1n) is 9.77. The predicted molar refractivity (Wildman–Crippen MR) is 122 cm³/mol. The third kappa shape index (κ3) is 3.53. The first-order chi connectivity index (χ1) is 14.9. The molecule has 1 aliphatic heterocycles. The van der Waals surface area contributed by atoms with Gasteiger partial charge in [0.1, 0.15) is 0 Å². The van der Waals surface area contributed by atoms with Crippen molar-refractivity contribution in [2.75, 3.05) is 9.80 Å². The number of halogens is 2. The summed E-state index contributed by atoms with van der Waals surface area (Å²) in [6.45, 7) is 1.91. The Morgan fingerprint density at radius 3 is 2.13 bits per heavy atom. The topological polar surface area (TPSA) is 67.6 Å². The Kier molecular flexibility index (Phi) is 5.63. The van der Waals surface area contributed by atoms with Gasteiger partial charge < -0.3 is 5.11 Å². The molecule has 5 nitrogen and oxygen atoms in total. The molecule has 2 atom stereocenters. The van der Waals surface area contributed by atoms with Gasteiger partial charge in [0.15, 0.2) is 5.72 Å². The van der Waals surface area contributed by atoms with Gasteiger partial charge in [-0.15, -0.1) is 0 Å². The van der Waals surface area contributed by atoms with Crippen molar-refractivity contribution >= 4 is 40.6 Å². The predicted octanol–water partition coefficient (Wildman–Crippen LogP) is 5.94. The van der Waals surface area contributed by atoms with Gasteiger partial charge in [-0.1, -0.05) is 42.3 Å². The summed E-state index contributed by atoms with van der Waals surface area (Å²) in [4.78, 5) is 16.7. The molecule has 0 radical (unpaired) electrons. The van der Waals surface area contributed by atoms with Crippen molar-refractivity contribution in [1.29, 1.82) is 5.26 Å². The second kappa shape index (κ2) is 8.24. The first kappa shape index (κ1) is 21.2. The zero-order chi connectivity index (χ0) is 22.2. The lowest BCUT2D eigenvalue weighted by Gasteiger charge is -2.37. The molecule has 1 heterocycles. The normalized spacial score (nSPS) is 20.7. The Morgan fingerprint density at radius 1 is 1.00 bits per heavy atom. The number of benzene rings is 3. The van der Waals surface area contributed by atoms with Crippen molar-refractivity contribution in [3.8, 4) is 6.07 Å². The van der Waals surface area contributed by atoms with Crippen molar-refractivity contribution in [1.82, 2.24) is 0 Å². The molecule has 7 heteroatoms. The quantitative estimate of drug-likeness (QED) is 0.533. The first-order valence-corrected chi connectivity index (χ1v) is 10.5. The van der Waals surface area contributed by atoms with Crippen LogP contribution in [-0.4, -0.2) is 17.2 Å². The maximum absolute atomic E-state index is 13.7. The van der Waals surface area contributed by atoms with Gasteiger partial charge in [0, 0.05) is 27.0 Å². The van der Waals surface area contributed by atoms with Crippen LogP contribution in [0.25, 0.3) is 0 Å². The molecule has 31 heavy (non-hydrogen) atoms. The number of aliphatic hydroxyl groups is 1. The molecule has 1 N–H and O–H groups in total. The maximum atomic E-state index is 13.7. The van der Waals surface area contributed by atoms with E-state index < -0.39 is 11.8 Å². The van der Waals surface area contributed by atoms with Gasteiger partial charge in [-0.25, -0.2) is 4.79 Å². The van der Waals surface area contributed by atoms with Gasteiger partial charge in [0.05, 0.1) is 17.7 Å². The Morgan fingerprint density at radius 2 is 1.58 bits per heavy atom. The summed E-state index contributed by atoms with van der Waals surface area (Å²) < 4.78 is 0. The van der Waals surface area contributed by atoms with Crippen LogP contribution in [0.1, 0.15) is 24.5 Å². The third-order valence-electron chi connectivity index (χ3n) is 5.51. The molecule has 0 aromatic heterocycles. The number of rotatable bonds is 4. The summed E-state index contributed by atoms with van der Waals surface area (Å²) in [5.74, 6) is 0. The van der Waals surface area contributed by atoms with Crippen LogP contribution in [0.4, 0.5) is 16.2 Å². The molecule has 0 aliphatic carbocycles. The zero-order valence-electron chi connectivity index (χ0n) is 16.7. The standard InChI is InChI=1S/C24H19Cl2N3O2/c1-2-22-24(31,17-5-3-4-16(14-17)15-27)29(21-12-8-19(26)9-13-21)23(30)28(22)20-10-6-18(25)7-11-20/h3-14,22,31H,2H2,1H3/t22-,24?/m1/s1. The van der Waals surface area contributed by atoms with Crippen LogP contribution in [0.2, 0.25) is 10.0 Å². The van der Waals surface area contributed by atoms with E-state index in [2.05, 4.69) is 6.07 Å². The van der Waals surface area contributed by atoms with Crippen LogP contribution in [0.3, 0.4) is 0 Å². The Hall–Kier alpha value is -3.04. The van der Waals surface area contributed by atoms with Gasteiger partial charge in [-0.05, 0) is 67.1 Å². The van der Waals surface area contributed by atoms with E-state index in [1.165, 1.54) is 4.90 Å². The molecule has 3 aromatic rings. The number of nitrogens with zero attached hydrogens (tertiary/aromatic N) is 3. The number of hydrogen-bond acceptors (Lipinski definition) is 3. The van der Waals surface area contributed by atoms with E-state index in [0.29, 0.717) is 39.0 Å². The number of urea groups is 1. The fourth-order valence-corrected chi connectivity index (χ4v) is 4.36. The van der Waals surface area contributed by atoms with Gasteiger partial charge in [0.25, 0.3) is 0 Å². The second-order valence-electron chi connectivity index (χ2n) is 7.28. The molecule has 0 spiro atoms. The van der Waals surface area contributed by atoms with Crippen LogP contribution in [0.15, 0.2) is 72.8 Å². The molecule has 156 valence electrons. The molecular formula is C24H19Cl2N3O2. The van der Waals surface area contributed by atoms with Crippen LogP contribution < -0.4 is 9.80 Å². The van der Waals surface area contributed by atoms with Gasteiger partial charge in [0.2, 0.25) is 0 Å². The van der Waals surface area contributed by atoms with Crippen molar-refractivity contribution in [3.05, 3.63) is 94.0 Å². The van der Waals surface area contributed by atoms with Crippen molar-refractivity contribution in [3.63, 3.8) is 0 Å². The molecule has 1 unspecified atom stereocenters. The molecule has 1 fully saturated rings. The van der Waals surface area contributed by atoms with Crippen LogP contribution in [-0.2, 0) is 5.72 Å². The van der Waals surface area contributed by atoms with E-state index in [-0.39, 0.29) is 6.03 Å². The fraction of sp³-hybridized carbons (Fsp3) is 0.167. The Balaban J connectivity index is 1.95. The summed E-state index contributed by atoms with van der Waals surface area (Å²) in [5, 5.41) is 22.6. The summed E-state index contributed by atoms with van der Waals surface area (Å²) >= 11 is 12.1. The monoisotopic (exact) mass is 451 g/mol. The van der Waals surface area contributed by atoms with E-state index in [1.807, 2.05) is 6.92 Å². The lowest BCUT2D eigenvalue weighted by Crippen LogP contribution is -2.49. The molecule has 3 aromatic carbocycles. The van der Waals surface area contributed by atoms with E-state index >= 15 is 0 Å². The van der Waals surface area contributed by atoms with Crippen molar-refractivity contribution in [2.45, 2.75) is 25.1 Å². The fourth-order valence-electron chi connectivity index (χ4n) is 4.11. The minimum absolute atomic E-state index is 0.388. The smallest absolute Gasteiger partial charge is 0.332 e. The van der Waals surface area contributed by atoms with Crippen molar-refractivity contribution in [2.24, 2.45) is 0 Å². The lowest BCUT2D eigenvalue weighted by molar-refractivity contribution is 0.0307. The number of hydrogen-bond donors (Lipinski definition) is 1. The molecule has 4 rings (SSSR count). The highest BCUT2D eigenvalue weighted by molar-refractivity contribution is 6.31. The van der Waals surface area contributed by atoms with E-state index in [9.17, 15) is 15.2 Å². The summed E-state index contributed by atoms with van der Waals surface area (Å²) in [6, 6.07) is 21.4. The summed E-state index contributed by atoms with van der Waals surface area (Å²) in [7, 11) is 0. The van der Waals surface area contributed by atoms with E-state index in [1.54, 1.807) is 77.7 Å².